The molecule has 0 amide bonds. The normalized spacial score (nSPS) is 14.7. The molecule has 0 aliphatic rings. The minimum Gasteiger partial charge on any atom is -0.459 e. The van der Waals surface area contributed by atoms with E-state index in [1.165, 1.54) is 6.92 Å². The number of carbonyl (C=O) groups is 1. The second-order valence-electron chi connectivity index (χ2n) is 4.69. The SMILES string of the molecule is CC(CC(F)(F)F)NCC(=O)OC(C)(C)C. The van der Waals surface area contributed by atoms with Crippen LogP contribution in [-0.2, 0) is 9.53 Å². The van der Waals surface area contributed by atoms with E-state index in [-0.39, 0.29) is 6.54 Å². The Labute approximate surface area is 93.3 Å². The molecule has 6 heteroatoms. The van der Waals surface area contributed by atoms with E-state index in [1.807, 2.05) is 0 Å². The molecule has 1 N–H and O–H groups in total. The van der Waals surface area contributed by atoms with E-state index >= 15 is 0 Å². The Morgan fingerprint density at radius 3 is 2.19 bits per heavy atom. The predicted octanol–water partition coefficient (Wildman–Crippen LogP) is 2.26. The van der Waals surface area contributed by atoms with E-state index < -0.39 is 30.2 Å². The molecule has 0 radical (unpaired) electrons. The maximum absolute atomic E-state index is 11.9. The molecule has 3 nitrogen and oxygen atoms in total. The van der Waals surface area contributed by atoms with Gasteiger partial charge in [-0.1, -0.05) is 0 Å². The number of rotatable bonds is 4. The molecule has 0 aliphatic heterocycles. The van der Waals surface area contributed by atoms with Crippen LogP contribution in [0, 0.1) is 0 Å². The second-order valence-corrected chi connectivity index (χ2v) is 4.69. The van der Waals surface area contributed by atoms with Crippen molar-refractivity contribution in [2.75, 3.05) is 6.54 Å². The summed E-state index contributed by atoms with van der Waals surface area (Å²) in [5.41, 5.74) is -0.619. The van der Waals surface area contributed by atoms with Crippen LogP contribution in [0.3, 0.4) is 0 Å². The van der Waals surface area contributed by atoms with Gasteiger partial charge >= 0.3 is 12.1 Å². The van der Waals surface area contributed by atoms with Crippen molar-refractivity contribution >= 4 is 5.97 Å². The van der Waals surface area contributed by atoms with Crippen LogP contribution in [-0.4, -0.2) is 30.3 Å². The Morgan fingerprint density at radius 1 is 1.31 bits per heavy atom. The number of esters is 1. The summed E-state index contributed by atoms with van der Waals surface area (Å²) in [6.45, 7) is 6.25. The summed E-state index contributed by atoms with van der Waals surface area (Å²) in [6.07, 6.45) is -5.18. The summed E-state index contributed by atoms with van der Waals surface area (Å²) in [4.78, 5) is 11.2. The van der Waals surface area contributed by atoms with Crippen molar-refractivity contribution in [1.29, 1.82) is 0 Å². The third-order valence-corrected chi connectivity index (χ3v) is 1.55. The molecule has 0 aliphatic carbocycles. The molecule has 0 aromatic rings. The van der Waals surface area contributed by atoms with Crippen molar-refractivity contribution in [1.82, 2.24) is 5.32 Å². The topological polar surface area (TPSA) is 38.3 Å². The summed E-state index contributed by atoms with van der Waals surface area (Å²) in [5.74, 6) is -0.554. The molecule has 0 spiro atoms. The van der Waals surface area contributed by atoms with Crippen molar-refractivity contribution in [2.45, 2.75) is 51.9 Å². The molecule has 96 valence electrons. The lowest BCUT2D eigenvalue weighted by atomic mass is 10.2. The third-order valence-electron chi connectivity index (χ3n) is 1.55. The van der Waals surface area contributed by atoms with Crippen molar-refractivity contribution in [3.05, 3.63) is 0 Å². The lowest BCUT2D eigenvalue weighted by Crippen LogP contribution is -2.37. The van der Waals surface area contributed by atoms with Crippen LogP contribution >= 0.6 is 0 Å². The molecule has 0 rings (SSSR count). The maximum atomic E-state index is 11.9. The van der Waals surface area contributed by atoms with Crippen LogP contribution in [0.1, 0.15) is 34.1 Å². The van der Waals surface area contributed by atoms with Gasteiger partial charge in [0.05, 0.1) is 13.0 Å². The average Bonchev–Trinajstić information content (AvgIpc) is 1.94. The molecule has 16 heavy (non-hydrogen) atoms. The molecule has 0 saturated carbocycles. The van der Waals surface area contributed by atoms with E-state index in [9.17, 15) is 18.0 Å². The van der Waals surface area contributed by atoms with Gasteiger partial charge in [-0.2, -0.15) is 13.2 Å². The van der Waals surface area contributed by atoms with Crippen molar-refractivity contribution in [3.63, 3.8) is 0 Å². The standard InChI is InChI=1S/C10H18F3NO2/c1-7(5-10(11,12)13)14-6-8(15)16-9(2,3)4/h7,14H,5-6H2,1-4H3. The van der Waals surface area contributed by atoms with Gasteiger partial charge < -0.3 is 10.1 Å². The highest BCUT2D eigenvalue weighted by molar-refractivity contribution is 5.72. The Balaban J connectivity index is 3.85. The highest BCUT2D eigenvalue weighted by Crippen LogP contribution is 2.21. The fourth-order valence-corrected chi connectivity index (χ4v) is 1.05. The number of nitrogens with one attached hydrogen (secondary N) is 1. The molecule has 0 fully saturated rings. The summed E-state index contributed by atoms with van der Waals surface area (Å²) < 4.78 is 40.8. The molecule has 0 aromatic carbocycles. The number of ether oxygens (including phenoxy) is 1. The van der Waals surface area contributed by atoms with Gasteiger partial charge in [-0.15, -0.1) is 0 Å². The van der Waals surface area contributed by atoms with Gasteiger partial charge in [0.1, 0.15) is 5.60 Å². The second kappa shape index (κ2) is 5.52. The number of carbonyl (C=O) groups excluding carboxylic acids is 1. The fraction of sp³-hybridized carbons (Fsp3) is 0.900. The highest BCUT2D eigenvalue weighted by Gasteiger charge is 2.30. The summed E-state index contributed by atoms with van der Waals surface area (Å²) >= 11 is 0. The molecular weight excluding hydrogens is 223 g/mol. The van der Waals surface area contributed by atoms with Crippen molar-refractivity contribution in [3.8, 4) is 0 Å². The van der Waals surface area contributed by atoms with Gasteiger partial charge in [-0.25, -0.2) is 0 Å². The van der Waals surface area contributed by atoms with E-state index in [0.29, 0.717) is 0 Å². The lowest BCUT2D eigenvalue weighted by molar-refractivity contribution is -0.155. The van der Waals surface area contributed by atoms with Gasteiger partial charge in [0, 0.05) is 6.04 Å². The van der Waals surface area contributed by atoms with Gasteiger partial charge in [0.15, 0.2) is 0 Å². The van der Waals surface area contributed by atoms with E-state index in [4.69, 9.17) is 4.74 Å². The first-order valence-corrected chi connectivity index (χ1v) is 5.01. The van der Waals surface area contributed by atoms with Gasteiger partial charge in [-0.05, 0) is 27.7 Å². The molecule has 0 heterocycles. The fourth-order valence-electron chi connectivity index (χ4n) is 1.05. The quantitative estimate of drug-likeness (QED) is 0.767. The van der Waals surface area contributed by atoms with Gasteiger partial charge in [0.2, 0.25) is 0 Å². The van der Waals surface area contributed by atoms with Crippen LogP contribution in [0.5, 0.6) is 0 Å². The number of hydrogen-bond acceptors (Lipinski definition) is 3. The van der Waals surface area contributed by atoms with E-state index in [2.05, 4.69) is 5.32 Å². The molecule has 0 saturated heterocycles. The molecule has 1 atom stereocenters. The Hall–Kier alpha value is -0.780. The van der Waals surface area contributed by atoms with Gasteiger partial charge in [-0.3, -0.25) is 4.79 Å². The zero-order valence-electron chi connectivity index (χ0n) is 9.94. The molecule has 0 aromatic heterocycles. The lowest BCUT2D eigenvalue weighted by Gasteiger charge is -2.21. The van der Waals surface area contributed by atoms with Crippen molar-refractivity contribution in [2.24, 2.45) is 0 Å². The van der Waals surface area contributed by atoms with Crippen LogP contribution in [0.25, 0.3) is 0 Å². The Morgan fingerprint density at radius 2 is 1.81 bits per heavy atom. The summed E-state index contributed by atoms with van der Waals surface area (Å²) in [6, 6.07) is -0.799. The first-order chi connectivity index (χ1) is 6.99. The zero-order valence-corrected chi connectivity index (χ0v) is 9.94. The first kappa shape index (κ1) is 15.2. The van der Waals surface area contributed by atoms with E-state index in [1.54, 1.807) is 20.8 Å². The Bertz CT molecular complexity index is 233. The monoisotopic (exact) mass is 241 g/mol. The highest BCUT2D eigenvalue weighted by atomic mass is 19.4. The minimum atomic E-state index is -4.22. The van der Waals surface area contributed by atoms with Gasteiger partial charge in [0.25, 0.3) is 0 Å². The number of hydrogen-bond donors (Lipinski definition) is 1. The summed E-state index contributed by atoms with van der Waals surface area (Å²) in [7, 11) is 0. The number of halogens is 3. The van der Waals surface area contributed by atoms with Crippen LogP contribution in [0.4, 0.5) is 13.2 Å². The van der Waals surface area contributed by atoms with Crippen LogP contribution in [0.15, 0.2) is 0 Å². The number of alkyl halides is 3. The largest absolute Gasteiger partial charge is 0.459 e. The average molecular weight is 241 g/mol. The maximum Gasteiger partial charge on any atom is 0.390 e. The van der Waals surface area contributed by atoms with Crippen LogP contribution < -0.4 is 5.32 Å². The summed E-state index contributed by atoms with van der Waals surface area (Å²) in [5, 5.41) is 2.47. The van der Waals surface area contributed by atoms with E-state index in [0.717, 1.165) is 0 Å². The molecule has 0 bridgehead atoms. The minimum absolute atomic E-state index is 0.214. The smallest absolute Gasteiger partial charge is 0.390 e. The first-order valence-electron chi connectivity index (χ1n) is 5.01. The molecular formula is C10H18F3NO2. The van der Waals surface area contributed by atoms with Crippen LogP contribution in [0.2, 0.25) is 0 Å². The zero-order chi connectivity index (χ0) is 13.0. The third kappa shape index (κ3) is 9.76. The molecule has 1 unspecified atom stereocenters. The predicted molar refractivity (Wildman–Crippen MR) is 54.0 cm³/mol. The van der Waals surface area contributed by atoms with Crippen molar-refractivity contribution < 1.29 is 22.7 Å². The Kier molecular flexibility index (Phi) is 5.25.